The van der Waals surface area contributed by atoms with Gasteiger partial charge in [0.25, 0.3) is 0 Å². The molecule has 190 valence electrons. The average Bonchev–Trinajstić information content (AvgIpc) is 3.10. The van der Waals surface area contributed by atoms with Crippen LogP contribution in [0.25, 0.3) is 0 Å². The fourth-order valence-corrected chi connectivity index (χ4v) is 4.80. The number of amidine groups is 1. The predicted molar refractivity (Wildman–Crippen MR) is 147 cm³/mol. The van der Waals surface area contributed by atoms with Crippen LogP contribution in [0.5, 0.6) is 0 Å². The van der Waals surface area contributed by atoms with Gasteiger partial charge >= 0.3 is 0 Å². The molecule has 0 bridgehead atoms. The van der Waals surface area contributed by atoms with E-state index in [0.29, 0.717) is 0 Å². The maximum absolute atomic E-state index is 11.6. The largest absolute Gasteiger partial charge is 0.371 e. The average molecular weight is 478 g/mol. The number of amides is 1. The smallest absolute Gasteiger partial charge is 0.219 e. The number of aliphatic imine (C=N–C) groups is 1. The first kappa shape index (κ1) is 26.6. The van der Waals surface area contributed by atoms with Crippen LogP contribution in [0.15, 0.2) is 59.4 Å². The van der Waals surface area contributed by atoms with E-state index in [-0.39, 0.29) is 5.91 Å². The third kappa shape index (κ3) is 7.48. The number of hydrogen-bond donors (Lipinski definition) is 1. The molecule has 1 amide bonds. The van der Waals surface area contributed by atoms with Gasteiger partial charge in [-0.25, -0.2) is 4.99 Å². The summed E-state index contributed by atoms with van der Waals surface area (Å²) in [5, 5.41) is 3.50. The maximum atomic E-state index is 11.6. The van der Waals surface area contributed by atoms with E-state index >= 15 is 0 Å². The second-order valence-electron chi connectivity index (χ2n) is 9.51. The van der Waals surface area contributed by atoms with E-state index < -0.39 is 0 Å². The molecule has 1 fully saturated rings. The van der Waals surface area contributed by atoms with Gasteiger partial charge in [0.15, 0.2) is 0 Å². The molecule has 6 heteroatoms. The van der Waals surface area contributed by atoms with Gasteiger partial charge in [0.05, 0.1) is 0 Å². The summed E-state index contributed by atoms with van der Waals surface area (Å²) in [4.78, 5) is 20.9. The molecule has 0 spiro atoms. The summed E-state index contributed by atoms with van der Waals surface area (Å²) in [5.74, 6) is 2.08. The quantitative estimate of drug-likeness (QED) is 0.224. The first-order valence-electron chi connectivity index (χ1n) is 13.1. The molecule has 0 atom stereocenters. The van der Waals surface area contributed by atoms with Crippen molar-refractivity contribution in [2.24, 2.45) is 12.0 Å². The van der Waals surface area contributed by atoms with E-state index in [1.165, 1.54) is 36.2 Å². The summed E-state index contributed by atoms with van der Waals surface area (Å²) in [6, 6.07) is 2.29. The Morgan fingerprint density at radius 3 is 2.63 bits per heavy atom. The highest BCUT2D eigenvalue weighted by atomic mass is 16.2. The lowest BCUT2D eigenvalue weighted by Crippen LogP contribution is -2.47. The van der Waals surface area contributed by atoms with Crippen molar-refractivity contribution < 1.29 is 4.79 Å². The van der Waals surface area contributed by atoms with Gasteiger partial charge in [-0.1, -0.05) is 44.1 Å². The number of carbonyl (C=O) groups excluding carboxylic acids is 1. The summed E-state index contributed by atoms with van der Waals surface area (Å²) >= 11 is 0. The fourth-order valence-electron chi connectivity index (χ4n) is 4.80. The molecular formula is C29H43N5O. The van der Waals surface area contributed by atoms with Gasteiger partial charge in [-0.15, -0.1) is 6.58 Å². The fraction of sp³-hybridized carbons (Fsp3) is 0.517. The second-order valence-corrected chi connectivity index (χ2v) is 9.51. The Balaban J connectivity index is 1.65. The molecule has 1 aromatic heterocycles. The van der Waals surface area contributed by atoms with E-state index in [0.717, 1.165) is 69.2 Å². The van der Waals surface area contributed by atoms with E-state index in [1.54, 1.807) is 6.92 Å². The van der Waals surface area contributed by atoms with E-state index in [1.807, 2.05) is 17.9 Å². The lowest BCUT2D eigenvalue weighted by atomic mass is 10.1. The normalized spacial score (nSPS) is 19.9. The van der Waals surface area contributed by atoms with E-state index in [9.17, 15) is 4.79 Å². The Morgan fingerprint density at radius 2 is 1.94 bits per heavy atom. The molecule has 0 unspecified atom stereocenters. The summed E-state index contributed by atoms with van der Waals surface area (Å²) in [6.07, 6.45) is 18.2. The predicted octanol–water partition coefficient (Wildman–Crippen LogP) is 5.41. The number of carbonyl (C=O) groups is 1. The van der Waals surface area contributed by atoms with E-state index in [4.69, 9.17) is 4.99 Å². The molecule has 1 aromatic rings. The molecule has 1 aliphatic heterocycles. The molecule has 1 aliphatic carbocycles. The number of hydrogen-bond acceptors (Lipinski definition) is 3. The van der Waals surface area contributed by atoms with Gasteiger partial charge in [-0.2, -0.15) is 0 Å². The van der Waals surface area contributed by atoms with Gasteiger partial charge in [0, 0.05) is 69.2 Å². The molecule has 0 saturated carbocycles. The minimum absolute atomic E-state index is 0.173. The van der Waals surface area contributed by atoms with Crippen molar-refractivity contribution in [2.75, 3.05) is 26.2 Å². The summed E-state index contributed by atoms with van der Waals surface area (Å²) < 4.78 is 2.24. The topological polar surface area (TPSA) is 52.9 Å². The lowest BCUT2D eigenvalue weighted by molar-refractivity contribution is -0.130. The third-order valence-corrected chi connectivity index (χ3v) is 6.82. The van der Waals surface area contributed by atoms with Gasteiger partial charge in [-0.3, -0.25) is 4.79 Å². The molecule has 1 N–H and O–H groups in total. The summed E-state index contributed by atoms with van der Waals surface area (Å²) in [7, 11) is 2.12. The van der Waals surface area contributed by atoms with Gasteiger partial charge in [-0.05, 0) is 44.7 Å². The summed E-state index contributed by atoms with van der Waals surface area (Å²) in [5.41, 5.74) is 4.99. The maximum Gasteiger partial charge on any atom is 0.219 e. The van der Waals surface area contributed by atoms with Crippen LogP contribution < -0.4 is 5.32 Å². The first-order valence-corrected chi connectivity index (χ1v) is 13.1. The lowest BCUT2D eigenvalue weighted by Gasteiger charge is -2.37. The Kier molecular flexibility index (Phi) is 10.0. The standard InChI is InChI=1S/C29H43N5O/c1-6-8-9-15-28-22-25(12-7-2)29(32(28)5)31-23(3)30-26-13-10-16-27(17-11-14-26)34-20-18-33(19-21-34)24(4)35/h7,10,13-14,17,22H,2,6,8-9,11-12,15-16,18-21H2,1,3-5H3,(H,30,31)/b13-10?,26-14+,27-17+. The Morgan fingerprint density at radius 1 is 1.17 bits per heavy atom. The molecule has 6 nitrogen and oxygen atoms in total. The van der Waals surface area contributed by atoms with Crippen LogP contribution in [0.1, 0.15) is 64.1 Å². The SMILES string of the molecule is C=CCc1cc(CCCCC)n(C)c1/N=C(\C)N/C1=C/C/C=C(/N2CCN(C(C)=O)CC2)CC=C1. The third-order valence-electron chi connectivity index (χ3n) is 6.82. The van der Waals surface area contributed by atoms with Crippen molar-refractivity contribution >= 4 is 17.6 Å². The number of nitrogens with one attached hydrogen (secondary N) is 1. The molecule has 2 aliphatic rings. The minimum Gasteiger partial charge on any atom is -0.371 e. The number of allylic oxidation sites excluding steroid dienone is 5. The number of unbranched alkanes of at least 4 members (excludes halogenated alkanes) is 2. The number of piperazine rings is 1. The first-order chi connectivity index (χ1) is 16.9. The molecule has 0 aromatic carbocycles. The summed E-state index contributed by atoms with van der Waals surface area (Å²) in [6.45, 7) is 13.3. The zero-order valence-corrected chi connectivity index (χ0v) is 22.1. The molecule has 1 saturated heterocycles. The van der Waals surface area contributed by atoms with Crippen LogP contribution in [0.4, 0.5) is 5.82 Å². The zero-order valence-electron chi connectivity index (χ0n) is 22.1. The van der Waals surface area contributed by atoms with Crippen molar-refractivity contribution in [1.29, 1.82) is 0 Å². The number of rotatable bonds is 9. The van der Waals surface area contributed by atoms with Crippen molar-refractivity contribution in [3.8, 4) is 0 Å². The molecule has 0 radical (unpaired) electrons. The minimum atomic E-state index is 0.173. The van der Waals surface area contributed by atoms with Crippen LogP contribution in [0.2, 0.25) is 0 Å². The van der Waals surface area contributed by atoms with Crippen LogP contribution in [0, 0.1) is 0 Å². The van der Waals surface area contributed by atoms with E-state index in [2.05, 4.69) is 65.7 Å². The highest BCUT2D eigenvalue weighted by molar-refractivity contribution is 5.84. The molecule has 35 heavy (non-hydrogen) atoms. The zero-order chi connectivity index (χ0) is 25.2. The number of aryl methyl sites for hydroxylation is 1. The second kappa shape index (κ2) is 13.2. The number of aromatic nitrogens is 1. The Bertz CT molecular complexity index is 1000. The van der Waals surface area contributed by atoms with Crippen LogP contribution in [-0.2, 0) is 24.7 Å². The van der Waals surface area contributed by atoms with Gasteiger partial charge in [0.1, 0.15) is 11.7 Å². The Labute approximate surface area is 211 Å². The van der Waals surface area contributed by atoms with Crippen molar-refractivity contribution in [3.63, 3.8) is 0 Å². The van der Waals surface area contributed by atoms with Gasteiger partial charge in [0.2, 0.25) is 5.91 Å². The number of nitrogens with zero attached hydrogens (tertiary/aromatic N) is 4. The van der Waals surface area contributed by atoms with Crippen LogP contribution >= 0.6 is 0 Å². The van der Waals surface area contributed by atoms with Crippen molar-refractivity contribution in [2.45, 2.75) is 65.7 Å². The molecule has 3 rings (SSSR count). The molecular weight excluding hydrogens is 434 g/mol. The van der Waals surface area contributed by atoms with Crippen LogP contribution in [0.3, 0.4) is 0 Å². The highest BCUT2D eigenvalue weighted by Gasteiger charge is 2.20. The Hall–Kier alpha value is -3.02. The van der Waals surface area contributed by atoms with Crippen molar-refractivity contribution in [1.82, 2.24) is 19.7 Å². The van der Waals surface area contributed by atoms with Crippen LogP contribution in [-0.4, -0.2) is 52.3 Å². The monoisotopic (exact) mass is 477 g/mol. The van der Waals surface area contributed by atoms with Crippen molar-refractivity contribution in [3.05, 3.63) is 65.7 Å². The van der Waals surface area contributed by atoms with Gasteiger partial charge < -0.3 is 19.7 Å². The highest BCUT2D eigenvalue weighted by Crippen LogP contribution is 2.26. The molecule has 2 heterocycles.